The molecule has 0 saturated heterocycles. The molecule has 1 saturated carbocycles. The Morgan fingerprint density at radius 1 is 1.53 bits per heavy atom. The van der Waals surface area contributed by atoms with Crippen LogP contribution in [0.1, 0.15) is 50.7 Å². The lowest BCUT2D eigenvalue weighted by atomic mass is 9.85. The number of rotatable bonds is 4. The summed E-state index contributed by atoms with van der Waals surface area (Å²) < 4.78 is 0. The number of guanidine groups is 1. The third-order valence-corrected chi connectivity index (χ3v) is 4.34. The molecule has 0 unspecified atom stereocenters. The van der Waals surface area contributed by atoms with E-state index in [9.17, 15) is 0 Å². The highest BCUT2D eigenvalue weighted by atomic mass is 32.1. The Labute approximate surface area is 119 Å². The molecule has 0 atom stereocenters. The number of thiazole rings is 1. The summed E-state index contributed by atoms with van der Waals surface area (Å²) >= 11 is 1.66. The largest absolute Gasteiger partial charge is 0.370 e. The Bertz CT molecular complexity index is 441. The summed E-state index contributed by atoms with van der Waals surface area (Å²) in [7, 11) is 0. The van der Waals surface area contributed by atoms with Gasteiger partial charge in [0.2, 0.25) is 0 Å². The fraction of sp³-hybridized carbons (Fsp3) is 0.714. The van der Waals surface area contributed by atoms with E-state index in [1.165, 1.54) is 19.3 Å². The van der Waals surface area contributed by atoms with E-state index in [1.54, 1.807) is 11.3 Å². The van der Waals surface area contributed by atoms with Gasteiger partial charge in [0.15, 0.2) is 5.96 Å². The normalized spacial score (nSPS) is 17.3. The minimum absolute atomic E-state index is 0.104. The third-order valence-electron chi connectivity index (χ3n) is 3.50. The zero-order valence-corrected chi connectivity index (χ0v) is 12.9. The van der Waals surface area contributed by atoms with Gasteiger partial charge in [0.1, 0.15) is 5.01 Å². The lowest BCUT2D eigenvalue weighted by molar-refractivity contribution is 0.315. The standard InChI is InChI=1S/C14H24N4S/c1-14(2,3)11-9-19-12(18-11)8-17-13(15)16-7-10-5-4-6-10/h9-10H,4-8H2,1-3H3,(H3,15,16,17). The van der Waals surface area contributed by atoms with Crippen LogP contribution < -0.4 is 11.1 Å². The van der Waals surface area contributed by atoms with Crippen molar-refractivity contribution in [2.75, 3.05) is 6.54 Å². The van der Waals surface area contributed by atoms with E-state index in [2.05, 4.69) is 41.4 Å². The predicted octanol–water partition coefficient (Wildman–Crippen LogP) is 2.65. The predicted molar refractivity (Wildman–Crippen MR) is 81.5 cm³/mol. The number of hydrogen-bond donors (Lipinski definition) is 2. The summed E-state index contributed by atoms with van der Waals surface area (Å²) in [6, 6.07) is 0. The van der Waals surface area contributed by atoms with Crippen LogP contribution in [0.3, 0.4) is 0 Å². The molecule has 3 N–H and O–H groups in total. The minimum Gasteiger partial charge on any atom is -0.370 e. The first-order valence-electron chi connectivity index (χ1n) is 6.94. The van der Waals surface area contributed by atoms with Gasteiger partial charge in [-0.1, -0.05) is 27.2 Å². The van der Waals surface area contributed by atoms with Crippen LogP contribution in [0.5, 0.6) is 0 Å². The van der Waals surface area contributed by atoms with Crippen molar-refractivity contribution in [2.24, 2.45) is 16.6 Å². The smallest absolute Gasteiger partial charge is 0.189 e. The third kappa shape index (κ3) is 4.20. The molecule has 2 rings (SSSR count). The summed E-state index contributed by atoms with van der Waals surface area (Å²) in [5, 5.41) is 6.34. The van der Waals surface area contributed by atoms with Crippen LogP contribution in [0.4, 0.5) is 0 Å². The molecular formula is C14H24N4S. The second kappa shape index (κ2) is 5.90. The van der Waals surface area contributed by atoms with Gasteiger partial charge in [0, 0.05) is 17.3 Å². The zero-order chi connectivity index (χ0) is 13.9. The van der Waals surface area contributed by atoms with E-state index < -0.39 is 0 Å². The van der Waals surface area contributed by atoms with Gasteiger partial charge >= 0.3 is 0 Å². The first kappa shape index (κ1) is 14.3. The maximum atomic E-state index is 5.86. The molecule has 0 spiro atoms. The van der Waals surface area contributed by atoms with Crippen molar-refractivity contribution in [1.82, 2.24) is 10.3 Å². The van der Waals surface area contributed by atoms with Gasteiger partial charge in [-0.15, -0.1) is 11.3 Å². The van der Waals surface area contributed by atoms with E-state index in [1.807, 2.05) is 0 Å². The number of aliphatic imine (C=N–C) groups is 1. The van der Waals surface area contributed by atoms with E-state index in [-0.39, 0.29) is 5.41 Å². The Hall–Kier alpha value is -1.10. The molecular weight excluding hydrogens is 256 g/mol. The molecule has 1 aromatic rings. The van der Waals surface area contributed by atoms with Crippen molar-refractivity contribution in [3.05, 3.63) is 16.1 Å². The van der Waals surface area contributed by atoms with Crippen LogP contribution in [0.25, 0.3) is 0 Å². The van der Waals surface area contributed by atoms with Crippen molar-refractivity contribution in [1.29, 1.82) is 0 Å². The topological polar surface area (TPSA) is 63.3 Å². The zero-order valence-electron chi connectivity index (χ0n) is 12.1. The summed E-state index contributed by atoms with van der Waals surface area (Å²) in [6.07, 6.45) is 4.00. The number of nitrogens with two attached hydrogens (primary N) is 1. The second-order valence-electron chi connectivity index (χ2n) is 6.26. The summed E-state index contributed by atoms with van der Waals surface area (Å²) in [5.74, 6) is 1.33. The van der Waals surface area contributed by atoms with Crippen molar-refractivity contribution in [3.63, 3.8) is 0 Å². The second-order valence-corrected chi connectivity index (χ2v) is 7.20. The average molecular weight is 280 g/mol. The van der Waals surface area contributed by atoms with Crippen molar-refractivity contribution in [3.8, 4) is 0 Å². The van der Waals surface area contributed by atoms with Gasteiger partial charge in [-0.25, -0.2) is 9.98 Å². The number of nitrogens with zero attached hydrogens (tertiary/aromatic N) is 2. The quantitative estimate of drug-likeness (QED) is 0.658. The summed E-state index contributed by atoms with van der Waals surface area (Å²) in [6.45, 7) is 8.04. The van der Waals surface area contributed by atoms with Crippen molar-refractivity contribution in [2.45, 2.75) is 52.0 Å². The Kier molecular flexibility index (Phi) is 4.45. The molecule has 1 fully saturated rings. The van der Waals surface area contributed by atoms with E-state index in [4.69, 9.17) is 5.73 Å². The van der Waals surface area contributed by atoms with Crippen molar-refractivity contribution < 1.29 is 0 Å². The average Bonchev–Trinajstić information content (AvgIpc) is 2.72. The maximum absolute atomic E-state index is 5.86. The fourth-order valence-corrected chi connectivity index (χ4v) is 2.83. The number of nitrogens with one attached hydrogen (secondary N) is 1. The molecule has 5 heteroatoms. The van der Waals surface area contributed by atoms with Crippen LogP contribution in [0, 0.1) is 5.92 Å². The van der Waals surface area contributed by atoms with Crippen LogP contribution in [-0.4, -0.2) is 17.5 Å². The summed E-state index contributed by atoms with van der Waals surface area (Å²) in [5.41, 5.74) is 7.09. The van der Waals surface area contributed by atoms with Crippen LogP contribution >= 0.6 is 11.3 Å². The molecule has 0 radical (unpaired) electrons. The van der Waals surface area contributed by atoms with Crippen LogP contribution in [0.2, 0.25) is 0 Å². The van der Waals surface area contributed by atoms with Gasteiger partial charge in [-0.2, -0.15) is 0 Å². The molecule has 4 nitrogen and oxygen atoms in total. The molecule has 1 aliphatic rings. The minimum atomic E-state index is 0.104. The highest BCUT2D eigenvalue weighted by Crippen LogP contribution is 2.25. The van der Waals surface area contributed by atoms with Gasteiger partial charge < -0.3 is 11.1 Å². The van der Waals surface area contributed by atoms with E-state index in [0.29, 0.717) is 12.5 Å². The van der Waals surface area contributed by atoms with E-state index >= 15 is 0 Å². The Morgan fingerprint density at radius 3 is 2.79 bits per heavy atom. The van der Waals surface area contributed by atoms with Crippen LogP contribution in [-0.2, 0) is 12.0 Å². The van der Waals surface area contributed by atoms with Gasteiger partial charge in [0.05, 0.1) is 12.2 Å². The van der Waals surface area contributed by atoms with Gasteiger partial charge in [0.25, 0.3) is 0 Å². The highest BCUT2D eigenvalue weighted by molar-refractivity contribution is 7.09. The first-order valence-corrected chi connectivity index (χ1v) is 7.82. The molecule has 19 heavy (non-hydrogen) atoms. The molecule has 0 aliphatic heterocycles. The lowest BCUT2D eigenvalue weighted by Gasteiger charge is -2.25. The van der Waals surface area contributed by atoms with Gasteiger partial charge in [-0.3, -0.25) is 0 Å². The summed E-state index contributed by atoms with van der Waals surface area (Å²) in [4.78, 5) is 8.96. The van der Waals surface area contributed by atoms with E-state index in [0.717, 1.165) is 23.2 Å². The van der Waals surface area contributed by atoms with Crippen molar-refractivity contribution >= 4 is 17.3 Å². The molecule has 1 aromatic heterocycles. The fourth-order valence-electron chi connectivity index (χ4n) is 1.88. The highest BCUT2D eigenvalue weighted by Gasteiger charge is 2.18. The lowest BCUT2D eigenvalue weighted by Crippen LogP contribution is -2.37. The molecule has 106 valence electrons. The number of hydrogen-bond acceptors (Lipinski definition) is 3. The van der Waals surface area contributed by atoms with Crippen LogP contribution in [0.15, 0.2) is 10.4 Å². The molecule has 1 heterocycles. The maximum Gasteiger partial charge on any atom is 0.189 e. The molecule has 1 aliphatic carbocycles. The monoisotopic (exact) mass is 280 g/mol. The molecule has 0 bridgehead atoms. The van der Waals surface area contributed by atoms with Gasteiger partial charge in [-0.05, 0) is 18.8 Å². The first-order chi connectivity index (χ1) is 8.95. The Balaban J connectivity index is 1.81. The Morgan fingerprint density at radius 2 is 2.26 bits per heavy atom. The molecule has 0 aromatic carbocycles. The number of aromatic nitrogens is 1. The molecule has 0 amide bonds. The SMILES string of the molecule is CC(C)(C)c1csc(CN=C(N)NCC2CCC2)n1.